The molecule has 1 saturated carbocycles. The van der Waals surface area contributed by atoms with E-state index in [1.165, 1.54) is 18.5 Å². The van der Waals surface area contributed by atoms with Gasteiger partial charge in [0.25, 0.3) is 0 Å². The van der Waals surface area contributed by atoms with Crippen LogP contribution in [0.4, 0.5) is 0 Å². The lowest BCUT2D eigenvalue weighted by molar-refractivity contribution is 0.381. The minimum absolute atomic E-state index is 0.500. The molecule has 2 aromatic heterocycles. The van der Waals surface area contributed by atoms with Crippen molar-refractivity contribution in [1.29, 1.82) is 0 Å². The van der Waals surface area contributed by atoms with Crippen LogP contribution in [0, 0.1) is 20.8 Å². The molecule has 7 heteroatoms. The topological polar surface area (TPSA) is 80.3 Å². The molecule has 130 valence electrons. The Balaban J connectivity index is 1.47. The van der Waals surface area contributed by atoms with Crippen molar-refractivity contribution in [2.45, 2.75) is 59.2 Å². The maximum absolute atomic E-state index is 5.21. The minimum atomic E-state index is 0.500. The molecule has 1 fully saturated rings. The zero-order valence-electron chi connectivity index (χ0n) is 14.7. The zero-order valence-corrected chi connectivity index (χ0v) is 14.7. The minimum Gasteiger partial charge on any atom is -0.359 e. The van der Waals surface area contributed by atoms with Crippen LogP contribution in [0.2, 0.25) is 0 Å². The summed E-state index contributed by atoms with van der Waals surface area (Å²) in [6, 6.07) is 4.58. The number of hydrogen-bond donors (Lipinski definition) is 2. The fraction of sp³-hybridized carbons (Fsp3) is 0.588. The molecule has 1 aliphatic carbocycles. The van der Waals surface area contributed by atoms with Crippen LogP contribution in [-0.2, 0) is 13.1 Å². The van der Waals surface area contributed by atoms with Crippen molar-refractivity contribution in [2.75, 3.05) is 6.54 Å². The second-order valence-corrected chi connectivity index (χ2v) is 6.45. The number of guanidine groups is 1. The van der Waals surface area contributed by atoms with Gasteiger partial charge in [-0.05, 0) is 46.1 Å². The van der Waals surface area contributed by atoms with Crippen molar-refractivity contribution in [3.63, 3.8) is 0 Å². The Bertz CT molecular complexity index is 698. The molecule has 0 unspecified atom stereocenters. The molecule has 2 heterocycles. The summed E-state index contributed by atoms with van der Waals surface area (Å²) in [6.07, 6.45) is 3.43. The summed E-state index contributed by atoms with van der Waals surface area (Å²) in [5.41, 5.74) is 3.16. The van der Waals surface area contributed by atoms with Crippen LogP contribution in [0.1, 0.15) is 42.1 Å². The number of nitrogens with zero attached hydrogens (tertiary/aromatic N) is 4. The van der Waals surface area contributed by atoms with Crippen molar-refractivity contribution in [2.24, 2.45) is 4.99 Å². The molecule has 0 aliphatic heterocycles. The van der Waals surface area contributed by atoms with E-state index in [2.05, 4.69) is 43.6 Å². The number of nitrogens with one attached hydrogen (secondary N) is 2. The van der Waals surface area contributed by atoms with Crippen molar-refractivity contribution < 1.29 is 4.52 Å². The van der Waals surface area contributed by atoms with Crippen molar-refractivity contribution in [1.82, 2.24) is 25.6 Å². The largest absolute Gasteiger partial charge is 0.359 e. The molecule has 2 N–H and O–H groups in total. The van der Waals surface area contributed by atoms with Crippen molar-refractivity contribution in [3.05, 3.63) is 35.0 Å². The van der Waals surface area contributed by atoms with Crippen LogP contribution in [0.3, 0.4) is 0 Å². The maximum atomic E-state index is 5.21. The van der Waals surface area contributed by atoms with Crippen LogP contribution in [0.25, 0.3) is 0 Å². The van der Waals surface area contributed by atoms with E-state index in [9.17, 15) is 0 Å². The van der Waals surface area contributed by atoms with Gasteiger partial charge in [-0.15, -0.1) is 0 Å². The van der Waals surface area contributed by atoms with E-state index < -0.39 is 0 Å². The SMILES string of the molecule is Cc1cc(CN=C(NCCCn2nc(C)cc2C)NC2CC2)on1. The molecule has 3 rings (SSSR count). The van der Waals surface area contributed by atoms with Crippen molar-refractivity contribution >= 4 is 5.96 Å². The monoisotopic (exact) mass is 330 g/mol. The first-order valence-electron chi connectivity index (χ1n) is 8.58. The van der Waals surface area contributed by atoms with Gasteiger partial charge >= 0.3 is 0 Å². The van der Waals surface area contributed by atoms with Gasteiger partial charge in [-0.3, -0.25) is 4.68 Å². The van der Waals surface area contributed by atoms with Gasteiger partial charge in [0.2, 0.25) is 0 Å². The first kappa shape index (κ1) is 16.5. The fourth-order valence-electron chi connectivity index (χ4n) is 2.56. The molecular weight excluding hydrogens is 304 g/mol. The molecule has 0 saturated heterocycles. The van der Waals surface area contributed by atoms with Crippen LogP contribution in [0.15, 0.2) is 21.6 Å². The quantitative estimate of drug-likeness (QED) is 0.461. The summed E-state index contributed by atoms with van der Waals surface area (Å²) in [5.74, 6) is 1.63. The molecule has 0 spiro atoms. The summed E-state index contributed by atoms with van der Waals surface area (Å²) in [5, 5.41) is 15.2. The van der Waals surface area contributed by atoms with Gasteiger partial charge in [-0.25, -0.2) is 4.99 Å². The van der Waals surface area contributed by atoms with E-state index >= 15 is 0 Å². The fourth-order valence-corrected chi connectivity index (χ4v) is 2.56. The van der Waals surface area contributed by atoms with Gasteiger partial charge in [-0.2, -0.15) is 5.10 Å². The maximum Gasteiger partial charge on any atom is 0.191 e. The molecule has 0 atom stereocenters. The van der Waals surface area contributed by atoms with E-state index in [1.807, 2.05) is 19.9 Å². The van der Waals surface area contributed by atoms with Crippen LogP contribution in [-0.4, -0.2) is 33.5 Å². The molecule has 0 radical (unpaired) electrons. The molecular formula is C17H26N6O. The smallest absolute Gasteiger partial charge is 0.191 e. The van der Waals surface area contributed by atoms with E-state index in [4.69, 9.17) is 4.52 Å². The molecule has 0 bridgehead atoms. The average Bonchev–Trinajstić information content (AvgIpc) is 3.17. The number of aliphatic imine (C=N–C) groups is 1. The van der Waals surface area contributed by atoms with Gasteiger partial charge in [0.15, 0.2) is 11.7 Å². The molecule has 0 amide bonds. The molecule has 1 aliphatic rings. The third-order valence-electron chi connectivity index (χ3n) is 3.93. The van der Waals surface area contributed by atoms with E-state index in [0.717, 1.165) is 42.6 Å². The average molecular weight is 330 g/mol. The molecule has 7 nitrogen and oxygen atoms in total. The zero-order chi connectivity index (χ0) is 16.9. The van der Waals surface area contributed by atoms with Gasteiger partial charge < -0.3 is 15.2 Å². The van der Waals surface area contributed by atoms with Gasteiger partial charge in [-0.1, -0.05) is 5.16 Å². The molecule has 24 heavy (non-hydrogen) atoms. The Morgan fingerprint density at radius 3 is 2.75 bits per heavy atom. The summed E-state index contributed by atoms with van der Waals surface area (Å²) in [6.45, 7) is 8.29. The number of aryl methyl sites for hydroxylation is 4. The van der Waals surface area contributed by atoms with E-state index in [0.29, 0.717) is 12.6 Å². The first-order chi connectivity index (χ1) is 11.6. The Kier molecular flexibility index (Phi) is 5.17. The van der Waals surface area contributed by atoms with Crippen LogP contribution < -0.4 is 10.6 Å². The van der Waals surface area contributed by atoms with Crippen LogP contribution in [0.5, 0.6) is 0 Å². The molecule has 2 aromatic rings. The Morgan fingerprint density at radius 2 is 2.12 bits per heavy atom. The lowest BCUT2D eigenvalue weighted by atomic mass is 10.4. The predicted molar refractivity (Wildman–Crippen MR) is 92.9 cm³/mol. The predicted octanol–water partition coefficient (Wildman–Crippen LogP) is 2.08. The lowest BCUT2D eigenvalue weighted by Gasteiger charge is -2.12. The van der Waals surface area contributed by atoms with Crippen molar-refractivity contribution in [3.8, 4) is 0 Å². The van der Waals surface area contributed by atoms with Gasteiger partial charge in [0, 0.05) is 30.9 Å². The van der Waals surface area contributed by atoms with Gasteiger partial charge in [0.05, 0.1) is 11.4 Å². The highest BCUT2D eigenvalue weighted by Crippen LogP contribution is 2.18. The Morgan fingerprint density at radius 1 is 1.29 bits per heavy atom. The third kappa shape index (κ3) is 4.84. The van der Waals surface area contributed by atoms with E-state index in [-0.39, 0.29) is 0 Å². The lowest BCUT2D eigenvalue weighted by Crippen LogP contribution is -2.39. The normalized spacial score (nSPS) is 14.9. The Hall–Kier alpha value is -2.31. The number of aromatic nitrogens is 3. The second-order valence-electron chi connectivity index (χ2n) is 6.45. The highest BCUT2D eigenvalue weighted by atomic mass is 16.5. The van der Waals surface area contributed by atoms with Crippen LogP contribution >= 0.6 is 0 Å². The summed E-state index contributed by atoms with van der Waals surface area (Å²) < 4.78 is 7.27. The highest BCUT2D eigenvalue weighted by Gasteiger charge is 2.22. The second kappa shape index (κ2) is 7.51. The summed E-state index contributed by atoms with van der Waals surface area (Å²) >= 11 is 0. The first-order valence-corrected chi connectivity index (χ1v) is 8.58. The summed E-state index contributed by atoms with van der Waals surface area (Å²) in [7, 11) is 0. The molecule has 0 aromatic carbocycles. The number of rotatable bonds is 7. The number of hydrogen-bond acceptors (Lipinski definition) is 4. The van der Waals surface area contributed by atoms with Gasteiger partial charge in [0.1, 0.15) is 6.54 Å². The third-order valence-corrected chi connectivity index (χ3v) is 3.93. The summed E-state index contributed by atoms with van der Waals surface area (Å²) in [4.78, 5) is 4.59. The van der Waals surface area contributed by atoms with E-state index in [1.54, 1.807) is 0 Å². The standard InChI is InChI=1S/C17H26N6O/c1-12-9-14(3)23(21-12)8-4-7-18-17(20-15-5-6-15)19-11-16-10-13(2)22-24-16/h9-10,15H,4-8,11H2,1-3H3,(H2,18,19,20). The highest BCUT2D eigenvalue weighted by molar-refractivity contribution is 5.80. The Labute approximate surface area is 142 Å².